The Hall–Kier alpha value is -2.86. The molecule has 0 aliphatic carbocycles. The second-order valence-electron chi connectivity index (χ2n) is 9.73. The molecule has 2 atom stereocenters. The van der Waals surface area contributed by atoms with Gasteiger partial charge in [-0.2, -0.15) is 0 Å². The number of esters is 1. The topological polar surface area (TPSA) is 84.9 Å². The van der Waals surface area contributed by atoms with E-state index in [1.54, 1.807) is 27.7 Å². The van der Waals surface area contributed by atoms with Gasteiger partial charge in [-0.25, -0.2) is 4.79 Å². The van der Waals surface area contributed by atoms with E-state index in [-0.39, 0.29) is 19.6 Å². The summed E-state index contributed by atoms with van der Waals surface area (Å²) in [5.41, 5.74) is 1.97. The number of hydrogen-bond acceptors (Lipinski definition) is 5. The van der Waals surface area contributed by atoms with Crippen LogP contribution in [-0.2, 0) is 19.7 Å². The lowest BCUT2D eigenvalue weighted by Crippen LogP contribution is -2.50. The molecule has 0 saturated carbocycles. The number of ether oxygens (including phenoxy) is 2. The smallest absolute Gasteiger partial charge is 0.407 e. The molecule has 0 aliphatic heterocycles. The Morgan fingerprint density at radius 3 is 2.03 bits per heavy atom. The number of aliphatic hydroxyl groups excluding tert-OH is 1. The summed E-state index contributed by atoms with van der Waals surface area (Å²) in [6.07, 6.45) is -0.357. The van der Waals surface area contributed by atoms with Crippen molar-refractivity contribution in [2.75, 3.05) is 13.2 Å². The van der Waals surface area contributed by atoms with Gasteiger partial charge in [-0.05, 0) is 50.8 Å². The van der Waals surface area contributed by atoms with Gasteiger partial charge < -0.3 is 19.9 Å². The van der Waals surface area contributed by atoms with Gasteiger partial charge in [0.25, 0.3) is 0 Å². The molecule has 6 heteroatoms. The van der Waals surface area contributed by atoms with E-state index in [1.807, 2.05) is 56.3 Å². The zero-order valence-corrected chi connectivity index (χ0v) is 20.6. The third-order valence-electron chi connectivity index (χ3n) is 5.66. The highest BCUT2D eigenvalue weighted by atomic mass is 16.6. The van der Waals surface area contributed by atoms with E-state index in [4.69, 9.17) is 9.47 Å². The van der Waals surface area contributed by atoms with Gasteiger partial charge in [0.1, 0.15) is 5.60 Å². The summed E-state index contributed by atoms with van der Waals surface area (Å²) in [5.74, 6) is -1.24. The van der Waals surface area contributed by atoms with Gasteiger partial charge in [0.2, 0.25) is 0 Å². The minimum absolute atomic E-state index is 0.210. The van der Waals surface area contributed by atoms with Crippen molar-refractivity contribution in [2.45, 2.75) is 65.0 Å². The third-order valence-corrected chi connectivity index (χ3v) is 5.66. The predicted molar refractivity (Wildman–Crippen MR) is 130 cm³/mol. The van der Waals surface area contributed by atoms with E-state index in [2.05, 4.69) is 17.4 Å². The molecule has 0 spiro atoms. The Kier molecular flexibility index (Phi) is 9.06. The maximum atomic E-state index is 12.6. The van der Waals surface area contributed by atoms with Crippen LogP contribution in [0, 0.1) is 5.92 Å². The summed E-state index contributed by atoms with van der Waals surface area (Å²) < 4.78 is 10.6. The molecule has 0 heterocycles. The molecule has 0 radical (unpaired) electrons. The molecule has 1 amide bonds. The van der Waals surface area contributed by atoms with Gasteiger partial charge in [-0.15, -0.1) is 0 Å². The number of carbonyl (C=O) groups excluding carboxylic acids is 2. The van der Waals surface area contributed by atoms with Gasteiger partial charge in [-0.1, -0.05) is 68.4 Å². The number of alkyl carbamates (subject to hydrolysis) is 1. The molecule has 2 aromatic carbocycles. The number of benzene rings is 2. The molecule has 0 aromatic heterocycles. The molecular formula is C27H37NO5. The first-order chi connectivity index (χ1) is 15.5. The van der Waals surface area contributed by atoms with E-state index in [0.29, 0.717) is 0 Å². The minimum Gasteiger partial charge on any atom is -0.466 e. The van der Waals surface area contributed by atoms with Gasteiger partial charge in [-0.3, -0.25) is 4.79 Å². The highest BCUT2D eigenvalue weighted by molar-refractivity contribution is 5.73. The number of nitrogens with one attached hydrogen (secondary N) is 1. The second-order valence-corrected chi connectivity index (χ2v) is 9.73. The van der Waals surface area contributed by atoms with Crippen molar-refractivity contribution >= 4 is 12.1 Å². The van der Waals surface area contributed by atoms with Gasteiger partial charge in [0.05, 0.1) is 19.1 Å². The van der Waals surface area contributed by atoms with Crippen molar-refractivity contribution < 1.29 is 24.2 Å². The summed E-state index contributed by atoms with van der Waals surface area (Å²) in [5, 5.41) is 12.8. The fourth-order valence-corrected chi connectivity index (χ4v) is 3.70. The monoisotopic (exact) mass is 455 g/mol. The van der Waals surface area contributed by atoms with Crippen LogP contribution in [0.5, 0.6) is 0 Å². The van der Waals surface area contributed by atoms with Crippen LogP contribution in [0.4, 0.5) is 4.79 Å². The average molecular weight is 456 g/mol. The lowest BCUT2D eigenvalue weighted by atomic mass is 9.74. The number of rotatable bonds is 9. The van der Waals surface area contributed by atoms with Crippen molar-refractivity contribution in [3.63, 3.8) is 0 Å². The first-order valence-electron chi connectivity index (χ1n) is 11.4. The van der Waals surface area contributed by atoms with Crippen LogP contribution in [0.1, 0.15) is 53.5 Å². The van der Waals surface area contributed by atoms with E-state index in [0.717, 1.165) is 16.7 Å². The normalized spacial score (nSPS) is 13.7. The Morgan fingerprint density at radius 2 is 1.52 bits per heavy atom. The van der Waals surface area contributed by atoms with Crippen LogP contribution < -0.4 is 5.32 Å². The van der Waals surface area contributed by atoms with E-state index < -0.39 is 35.0 Å². The molecule has 2 N–H and O–H groups in total. The SMILES string of the molecule is CCOC(=O)[C@H](CO)C[C@H](NC(=O)OC(C)(C)C)C(C)(C)c1ccc(-c2ccccc2)cc1. The first-order valence-corrected chi connectivity index (χ1v) is 11.4. The molecule has 0 saturated heterocycles. The number of hydrogen-bond donors (Lipinski definition) is 2. The molecule has 33 heavy (non-hydrogen) atoms. The molecule has 0 fully saturated rings. The minimum atomic E-state index is -0.757. The summed E-state index contributed by atoms with van der Waals surface area (Å²) in [7, 11) is 0. The van der Waals surface area contributed by atoms with Crippen molar-refractivity contribution in [2.24, 2.45) is 5.92 Å². The number of amides is 1. The van der Waals surface area contributed by atoms with Gasteiger partial charge in [0, 0.05) is 11.5 Å². The van der Waals surface area contributed by atoms with Gasteiger partial charge >= 0.3 is 12.1 Å². The zero-order chi connectivity index (χ0) is 24.6. The highest BCUT2D eigenvalue weighted by Crippen LogP contribution is 2.33. The summed E-state index contributed by atoms with van der Waals surface area (Å²) in [4.78, 5) is 25.0. The van der Waals surface area contributed by atoms with Crippen molar-refractivity contribution in [1.29, 1.82) is 0 Å². The molecule has 2 rings (SSSR count). The lowest BCUT2D eigenvalue weighted by molar-refractivity contribution is -0.150. The molecule has 0 aliphatic rings. The maximum Gasteiger partial charge on any atom is 0.407 e. The molecule has 2 aromatic rings. The lowest BCUT2D eigenvalue weighted by Gasteiger charge is -2.37. The number of carbonyl (C=O) groups is 2. The quantitative estimate of drug-likeness (QED) is 0.515. The highest BCUT2D eigenvalue weighted by Gasteiger charge is 2.37. The average Bonchev–Trinajstić information content (AvgIpc) is 2.76. The van der Waals surface area contributed by atoms with E-state index >= 15 is 0 Å². The van der Waals surface area contributed by atoms with Crippen LogP contribution in [0.15, 0.2) is 54.6 Å². The summed E-state index contributed by atoms with van der Waals surface area (Å²) in [6.45, 7) is 11.0. The van der Waals surface area contributed by atoms with Crippen molar-refractivity contribution in [1.82, 2.24) is 5.32 Å². The molecule has 0 bridgehead atoms. The third kappa shape index (κ3) is 7.60. The molecule has 6 nitrogen and oxygen atoms in total. The Bertz CT molecular complexity index is 900. The second kappa shape index (κ2) is 11.3. The number of aliphatic hydroxyl groups is 1. The largest absolute Gasteiger partial charge is 0.466 e. The van der Waals surface area contributed by atoms with Crippen molar-refractivity contribution in [3.05, 3.63) is 60.2 Å². The van der Waals surface area contributed by atoms with Crippen LogP contribution in [0.3, 0.4) is 0 Å². The van der Waals surface area contributed by atoms with Crippen LogP contribution in [-0.4, -0.2) is 42.0 Å². The van der Waals surface area contributed by atoms with Crippen molar-refractivity contribution in [3.8, 4) is 11.1 Å². The maximum absolute atomic E-state index is 12.6. The summed E-state index contributed by atoms with van der Waals surface area (Å²) in [6, 6.07) is 17.8. The van der Waals surface area contributed by atoms with Crippen LogP contribution >= 0.6 is 0 Å². The molecular weight excluding hydrogens is 418 g/mol. The van der Waals surface area contributed by atoms with Crippen LogP contribution in [0.25, 0.3) is 11.1 Å². The first kappa shape index (κ1) is 26.4. The Morgan fingerprint density at radius 1 is 0.939 bits per heavy atom. The molecule has 0 unspecified atom stereocenters. The fraction of sp³-hybridized carbons (Fsp3) is 0.481. The standard InChI is InChI=1S/C27H37NO5/c1-7-32-24(30)21(18-29)17-23(28-25(31)33-26(2,3)4)27(5,6)22-15-13-20(14-16-22)19-11-9-8-10-12-19/h8-16,21,23,29H,7,17-18H2,1-6H3,(H,28,31)/t21-,23-/m0/s1. The summed E-state index contributed by atoms with van der Waals surface area (Å²) >= 11 is 0. The van der Waals surface area contributed by atoms with E-state index in [9.17, 15) is 14.7 Å². The van der Waals surface area contributed by atoms with E-state index in [1.165, 1.54) is 0 Å². The van der Waals surface area contributed by atoms with Crippen LogP contribution in [0.2, 0.25) is 0 Å². The predicted octanol–water partition coefficient (Wildman–Crippen LogP) is 5.09. The fourth-order valence-electron chi connectivity index (χ4n) is 3.70. The van der Waals surface area contributed by atoms with Gasteiger partial charge in [0.15, 0.2) is 0 Å². The Labute approximate surface area is 197 Å². The molecule has 180 valence electrons. The Balaban J connectivity index is 2.33. The zero-order valence-electron chi connectivity index (χ0n) is 20.6.